The van der Waals surface area contributed by atoms with Gasteiger partial charge in [-0.2, -0.15) is 0 Å². The Hall–Kier alpha value is -1.39. The molecule has 1 aliphatic heterocycles. The lowest BCUT2D eigenvalue weighted by molar-refractivity contribution is -0.131. The summed E-state index contributed by atoms with van der Waals surface area (Å²) in [5.74, 6) is -0.399. The second-order valence-corrected chi connectivity index (χ2v) is 4.16. The third-order valence-corrected chi connectivity index (χ3v) is 2.91. The number of aliphatic hydroxyl groups excluding tert-OH is 1. The molecule has 3 unspecified atom stereocenters. The van der Waals surface area contributed by atoms with Crippen molar-refractivity contribution >= 4 is 5.97 Å². The van der Waals surface area contributed by atoms with Crippen LogP contribution in [-0.4, -0.2) is 36.0 Å². The van der Waals surface area contributed by atoms with Crippen LogP contribution in [0.15, 0.2) is 30.3 Å². The predicted octanol–water partition coefficient (Wildman–Crippen LogP) is 1.38. The minimum Gasteiger partial charge on any atom is -0.456 e. The first-order valence-electron chi connectivity index (χ1n) is 5.74. The predicted molar refractivity (Wildman–Crippen MR) is 61.7 cm³/mol. The lowest BCUT2D eigenvalue weighted by Crippen LogP contribution is -2.45. The van der Waals surface area contributed by atoms with Gasteiger partial charge in [-0.05, 0) is 19.1 Å². The number of esters is 1. The van der Waals surface area contributed by atoms with Crippen molar-refractivity contribution in [2.24, 2.45) is 0 Å². The molecule has 1 aromatic rings. The Morgan fingerprint density at radius 1 is 1.41 bits per heavy atom. The standard InChI is InChI=1S/C13H16O4/c1-9-12(14)11(7-8-16-9)17-13(15)10-5-3-2-4-6-10/h2-6,9,11-12,14H,7-8H2,1H3. The van der Waals surface area contributed by atoms with E-state index in [1.165, 1.54) is 0 Å². The van der Waals surface area contributed by atoms with E-state index in [2.05, 4.69) is 0 Å². The van der Waals surface area contributed by atoms with E-state index in [1.807, 2.05) is 6.07 Å². The van der Waals surface area contributed by atoms with Crippen LogP contribution in [0.3, 0.4) is 0 Å². The minimum absolute atomic E-state index is 0.294. The minimum atomic E-state index is -0.753. The van der Waals surface area contributed by atoms with Crippen molar-refractivity contribution in [2.45, 2.75) is 31.7 Å². The summed E-state index contributed by atoms with van der Waals surface area (Å²) in [5.41, 5.74) is 0.499. The zero-order valence-electron chi connectivity index (χ0n) is 9.70. The van der Waals surface area contributed by atoms with Crippen LogP contribution in [0.1, 0.15) is 23.7 Å². The van der Waals surface area contributed by atoms with Crippen LogP contribution in [0.5, 0.6) is 0 Å². The van der Waals surface area contributed by atoms with E-state index in [9.17, 15) is 9.90 Å². The summed E-state index contributed by atoms with van der Waals surface area (Å²) in [6, 6.07) is 8.77. The third-order valence-electron chi connectivity index (χ3n) is 2.91. The van der Waals surface area contributed by atoms with Crippen molar-refractivity contribution in [3.63, 3.8) is 0 Å². The van der Waals surface area contributed by atoms with E-state index in [0.717, 1.165) is 0 Å². The number of aliphatic hydroxyl groups is 1. The lowest BCUT2D eigenvalue weighted by Gasteiger charge is -2.32. The molecule has 1 aromatic carbocycles. The normalized spacial score (nSPS) is 28.7. The van der Waals surface area contributed by atoms with E-state index in [-0.39, 0.29) is 6.10 Å². The second-order valence-electron chi connectivity index (χ2n) is 4.16. The highest BCUT2D eigenvalue weighted by molar-refractivity contribution is 5.89. The molecule has 92 valence electrons. The fourth-order valence-electron chi connectivity index (χ4n) is 1.85. The number of carbonyl (C=O) groups excluding carboxylic acids is 1. The van der Waals surface area contributed by atoms with Crippen LogP contribution in [-0.2, 0) is 9.47 Å². The molecule has 0 bridgehead atoms. The first kappa shape index (κ1) is 12.1. The van der Waals surface area contributed by atoms with Gasteiger partial charge in [0.25, 0.3) is 0 Å². The molecule has 1 N–H and O–H groups in total. The van der Waals surface area contributed by atoms with Gasteiger partial charge >= 0.3 is 5.97 Å². The SMILES string of the molecule is CC1OCCC(OC(=O)c2ccccc2)C1O. The Kier molecular flexibility index (Phi) is 3.76. The van der Waals surface area contributed by atoms with Gasteiger partial charge < -0.3 is 14.6 Å². The molecule has 1 heterocycles. The summed E-state index contributed by atoms with van der Waals surface area (Å²) in [7, 11) is 0. The molecule has 4 heteroatoms. The first-order chi connectivity index (χ1) is 8.18. The summed E-state index contributed by atoms with van der Waals surface area (Å²) in [6.07, 6.45) is -0.996. The molecular weight excluding hydrogens is 220 g/mol. The van der Waals surface area contributed by atoms with Gasteiger partial charge in [-0.1, -0.05) is 18.2 Å². The maximum Gasteiger partial charge on any atom is 0.338 e. The smallest absolute Gasteiger partial charge is 0.338 e. The molecule has 17 heavy (non-hydrogen) atoms. The van der Waals surface area contributed by atoms with Crippen LogP contribution in [0.25, 0.3) is 0 Å². The number of carbonyl (C=O) groups is 1. The van der Waals surface area contributed by atoms with Crippen molar-refractivity contribution in [1.82, 2.24) is 0 Å². The average molecular weight is 236 g/mol. The average Bonchev–Trinajstić information content (AvgIpc) is 2.36. The van der Waals surface area contributed by atoms with Crippen molar-refractivity contribution in [2.75, 3.05) is 6.61 Å². The molecule has 1 saturated heterocycles. The summed E-state index contributed by atoms with van der Waals surface area (Å²) >= 11 is 0. The number of benzene rings is 1. The zero-order valence-corrected chi connectivity index (χ0v) is 9.70. The third kappa shape index (κ3) is 2.84. The summed E-state index contributed by atoms with van der Waals surface area (Å²) < 4.78 is 10.6. The molecule has 4 nitrogen and oxygen atoms in total. The fraction of sp³-hybridized carbons (Fsp3) is 0.462. The van der Waals surface area contributed by atoms with E-state index in [0.29, 0.717) is 18.6 Å². The van der Waals surface area contributed by atoms with Crippen LogP contribution in [0.2, 0.25) is 0 Å². The number of hydrogen-bond acceptors (Lipinski definition) is 4. The molecule has 0 saturated carbocycles. The molecule has 0 aliphatic carbocycles. The van der Waals surface area contributed by atoms with E-state index in [4.69, 9.17) is 9.47 Å². The zero-order chi connectivity index (χ0) is 12.3. The van der Waals surface area contributed by atoms with E-state index in [1.54, 1.807) is 31.2 Å². The van der Waals surface area contributed by atoms with Crippen LogP contribution < -0.4 is 0 Å². The van der Waals surface area contributed by atoms with Crippen molar-refractivity contribution in [1.29, 1.82) is 0 Å². The number of rotatable bonds is 2. The van der Waals surface area contributed by atoms with E-state index < -0.39 is 18.2 Å². The lowest BCUT2D eigenvalue weighted by atomic mass is 10.0. The summed E-state index contributed by atoms with van der Waals surface area (Å²) in [5, 5.41) is 9.83. The molecule has 0 amide bonds. The van der Waals surface area contributed by atoms with Crippen molar-refractivity contribution < 1.29 is 19.4 Å². The summed E-state index contributed by atoms with van der Waals surface area (Å²) in [6.45, 7) is 2.28. The van der Waals surface area contributed by atoms with Crippen molar-refractivity contribution in [3.8, 4) is 0 Å². The van der Waals surface area contributed by atoms with Gasteiger partial charge in [0.15, 0.2) is 0 Å². The molecule has 1 fully saturated rings. The maximum atomic E-state index is 11.8. The number of ether oxygens (including phenoxy) is 2. The Bertz CT molecular complexity index is 376. The van der Waals surface area contributed by atoms with Crippen LogP contribution in [0.4, 0.5) is 0 Å². The maximum absolute atomic E-state index is 11.8. The van der Waals surface area contributed by atoms with Gasteiger partial charge in [-0.25, -0.2) is 4.79 Å². The largest absolute Gasteiger partial charge is 0.456 e. The van der Waals surface area contributed by atoms with E-state index >= 15 is 0 Å². The number of hydrogen-bond donors (Lipinski definition) is 1. The molecule has 2 rings (SSSR count). The monoisotopic (exact) mass is 236 g/mol. The highest BCUT2D eigenvalue weighted by Crippen LogP contribution is 2.18. The molecule has 3 atom stereocenters. The Morgan fingerprint density at radius 3 is 2.82 bits per heavy atom. The van der Waals surface area contributed by atoms with Crippen LogP contribution >= 0.6 is 0 Å². The van der Waals surface area contributed by atoms with Gasteiger partial charge in [0.1, 0.15) is 12.2 Å². The van der Waals surface area contributed by atoms with Crippen LogP contribution in [0, 0.1) is 0 Å². The second kappa shape index (κ2) is 5.29. The molecular formula is C13H16O4. The highest BCUT2D eigenvalue weighted by Gasteiger charge is 2.32. The molecule has 0 radical (unpaired) electrons. The Balaban J connectivity index is 1.99. The van der Waals surface area contributed by atoms with Gasteiger partial charge in [-0.3, -0.25) is 0 Å². The fourth-order valence-corrected chi connectivity index (χ4v) is 1.85. The van der Waals surface area contributed by atoms with Crippen molar-refractivity contribution in [3.05, 3.63) is 35.9 Å². The quantitative estimate of drug-likeness (QED) is 0.788. The van der Waals surface area contributed by atoms with Gasteiger partial charge in [0.05, 0.1) is 18.3 Å². The highest BCUT2D eigenvalue weighted by atomic mass is 16.6. The van der Waals surface area contributed by atoms with Gasteiger partial charge in [0.2, 0.25) is 0 Å². The first-order valence-corrected chi connectivity index (χ1v) is 5.74. The summed E-state index contributed by atoms with van der Waals surface area (Å²) in [4.78, 5) is 11.8. The van der Waals surface area contributed by atoms with Gasteiger partial charge in [0, 0.05) is 6.42 Å². The Labute approximate surface area is 100 Å². The Morgan fingerprint density at radius 2 is 2.12 bits per heavy atom. The molecule has 0 spiro atoms. The topological polar surface area (TPSA) is 55.8 Å². The molecule has 0 aromatic heterocycles. The van der Waals surface area contributed by atoms with Gasteiger partial charge in [-0.15, -0.1) is 0 Å². The molecule has 1 aliphatic rings.